The molecule has 0 aliphatic carbocycles. The van der Waals surface area contributed by atoms with Crippen molar-refractivity contribution in [3.8, 4) is 0 Å². The standard InChI is InChI=1S/C6H15NO3.Na.H3O4P.H2O/c8-4-1-7(2-5-9)3-6-10;;1-5(2,3)4;/h8-10H,1-6H2;;(H3,1,2,3,4);1H2/q;+1;;/p-1. The molecule has 0 saturated carbocycles. The van der Waals surface area contributed by atoms with E-state index in [0.29, 0.717) is 19.6 Å². The molecule has 9 nitrogen and oxygen atoms in total. The van der Waals surface area contributed by atoms with Gasteiger partial charge in [-0.1, -0.05) is 0 Å². The van der Waals surface area contributed by atoms with Gasteiger partial charge in [0.15, 0.2) is 0 Å². The predicted molar refractivity (Wildman–Crippen MR) is 53.9 cm³/mol. The Balaban J connectivity index is -0.000000105. The summed E-state index contributed by atoms with van der Waals surface area (Å²) < 4.78 is 8.88. The molecule has 102 valence electrons. The van der Waals surface area contributed by atoms with Gasteiger partial charge in [-0.25, -0.2) is 4.57 Å². The van der Waals surface area contributed by atoms with E-state index < -0.39 is 7.82 Å². The van der Waals surface area contributed by atoms with Crippen LogP contribution in [0.5, 0.6) is 0 Å². The van der Waals surface area contributed by atoms with Crippen molar-refractivity contribution < 1.29 is 69.6 Å². The van der Waals surface area contributed by atoms with Crippen molar-refractivity contribution >= 4 is 7.82 Å². The normalized spacial score (nSPS) is 9.82. The molecule has 0 aliphatic heterocycles. The Bertz CT molecular complexity index is 157. The smallest absolute Gasteiger partial charge is 0.870 e. The van der Waals surface area contributed by atoms with Gasteiger partial charge in [-0.2, -0.15) is 0 Å². The predicted octanol–water partition coefficient (Wildman–Crippen LogP) is -5.84. The Morgan fingerprint density at radius 2 is 1.00 bits per heavy atom. The first-order chi connectivity index (χ1) is 6.85. The fraction of sp³-hybridized carbons (Fsp3) is 1.00. The molecule has 0 saturated heterocycles. The zero-order valence-electron chi connectivity index (χ0n) is 9.68. The fourth-order valence-corrected chi connectivity index (χ4v) is 0.760. The molecule has 0 spiro atoms. The van der Waals surface area contributed by atoms with E-state index in [2.05, 4.69) is 0 Å². The number of hydrogen-bond donors (Lipinski definition) is 6. The second-order valence-corrected chi connectivity index (χ2v) is 3.55. The average molecular weight is 287 g/mol. The van der Waals surface area contributed by atoms with Crippen LogP contribution in [0, 0.1) is 0 Å². The molecule has 0 unspecified atom stereocenters. The van der Waals surface area contributed by atoms with Crippen LogP contribution in [0.1, 0.15) is 0 Å². The maximum atomic E-state index is 8.88. The molecular formula is C6H19NNaO8P. The monoisotopic (exact) mass is 287 g/mol. The van der Waals surface area contributed by atoms with E-state index in [0.717, 1.165) is 0 Å². The zero-order valence-corrected chi connectivity index (χ0v) is 12.6. The first-order valence-corrected chi connectivity index (χ1v) is 5.75. The van der Waals surface area contributed by atoms with Gasteiger partial charge in [0.1, 0.15) is 0 Å². The van der Waals surface area contributed by atoms with Gasteiger partial charge in [-0.15, -0.1) is 0 Å². The summed E-state index contributed by atoms with van der Waals surface area (Å²) in [5.41, 5.74) is 0. The molecule has 0 fully saturated rings. The molecule has 17 heavy (non-hydrogen) atoms. The summed E-state index contributed by atoms with van der Waals surface area (Å²) in [6.07, 6.45) is 0. The summed E-state index contributed by atoms with van der Waals surface area (Å²) >= 11 is 0. The number of phosphoric acid groups is 1. The molecule has 0 bridgehead atoms. The number of rotatable bonds is 6. The molecular weight excluding hydrogens is 268 g/mol. The van der Waals surface area contributed by atoms with E-state index >= 15 is 0 Å². The van der Waals surface area contributed by atoms with Crippen LogP contribution in [0.2, 0.25) is 0 Å². The van der Waals surface area contributed by atoms with E-state index in [-0.39, 0.29) is 54.9 Å². The van der Waals surface area contributed by atoms with Crippen molar-refractivity contribution in [1.82, 2.24) is 4.90 Å². The molecule has 0 aromatic heterocycles. The molecule has 0 heterocycles. The molecule has 0 atom stereocenters. The van der Waals surface area contributed by atoms with E-state index in [1.165, 1.54) is 0 Å². The Hall–Kier alpha value is 0.910. The van der Waals surface area contributed by atoms with Crippen molar-refractivity contribution in [2.24, 2.45) is 0 Å². The Kier molecular flexibility index (Phi) is 26.3. The second kappa shape index (κ2) is 16.9. The fourth-order valence-electron chi connectivity index (χ4n) is 0.760. The van der Waals surface area contributed by atoms with Crippen LogP contribution in [0.25, 0.3) is 0 Å². The largest absolute Gasteiger partial charge is 1.00 e. The van der Waals surface area contributed by atoms with Gasteiger partial charge in [-0.3, -0.25) is 4.90 Å². The maximum Gasteiger partial charge on any atom is 1.00 e. The van der Waals surface area contributed by atoms with Crippen molar-refractivity contribution in [3.05, 3.63) is 0 Å². The molecule has 0 aromatic carbocycles. The molecule has 0 radical (unpaired) electrons. The van der Waals surface area contributed by atoms with Crippen LogP contribution >= 0.6 is 7.82 Å². The molecule has 0 amide bonds. The van der Waals surface area contributed by atoms with E-state index in [1.54, 1.807) is 4.90 Å². The van der Waals surface area contributed by atoms with Crippen LogP contribution in [-0.2, 0) is 4.57 Å². The van der Waals surface area contributed by atoms with Crippen LogP contribution in [0.3, 0.4) is 0 Å². The van der Waals surface area contributed by atoms with Crippen molar-refractivity contribution in [2.45, 2.75) is 0 Å². The van der Waals surface area contributed by atoms with Gasteiger partial charge in [-0.05, 0) is 0 Å². The minimum Gasteiger partial charge on any atom is -0.870 e. The summed E-state index contributed by atoms with van der Waals surface area (Å²) in [5.74, 6) is 0. The van der Waals surface area contributed by atoms with Gasteiger partial charge >= 0.3 is 37.4 Å². The zero-order chi connectivity index (χ0) is 12.3. The van der Waals surface area contributed by atoms with Crippen LogP contribution in [0.4, 0.5) is 0 Å². The summed E-state index contributed by atoms with van der Waals surface area (Å²) in [6, 6.07) is 0. The number of aliphatic hydroxyl groups excluding tert-OH is 3. The Labute approximate surface area is 122 Å². The summed E-state index contributed by atoms with van der Waals surface area (Å²) in [7, 11) is -4.64. The number of hydrogen-bond acceptors (Lipinski definition) is 6. The van der Waals surface area contributed by atoms with E-state index in [9.17, 15) is 0 Å². The third-order valence-corrected chi connectivity index (χ3v) is 1.25. The Morgan fingerprint density at radius 3 is 1.12 bits per heavy atom. The van der Waals surface area contributed by atoms with E-state index in [4.69, 9.17) is 34.6 Å². The van der Waals surface area contributed by atoms with Crippen molar-refractivity contribution in [2.75, 3.05) is 39.5 Å². The first-order valence-electron chi connectivity index (χ1n) is 4.18. The summed E-state index contributed by atoms with van der Waals surface area (Å²) in [4.78, 5) is 23.4. The molecule has 0 rings (SSSR count). The SMILES string of the molecule is O=P(O)(O)O.OCCN(CCO)CCO.[Na+].[OH-]. The van der Waals surface area contributed by atoms with Gasteiger partial charge in [0.05, 0.1) is 19.8 Å². The Morgan fingerprint density at radius 1 is 0.824 bits per heavy atom. The summed E-state index contributed by atoms with van der Waals surface area (Å²) in [6.45, 7) is 1.75. The van der Waals surface area contributed by atoms with Crippen LogP contribution in [0.15, 0.2) is 0 Å². The van der Waals surface area contributed by atoms with Crippen LogP contribution in [-0.4, -0.2) is 79.8 Å². The second-order valence-electron chi connectivity index (χ2n) is 2.53. The van der Waals surface area contributed by atoms with Gasteiger partial charge < -0.3 is 35.5 Å². The average Bonchev–Trinajstić information content (AvgIpc) is 2.02. The third-order valence-electron chi connectivity index (χ3n) is 1.25. The molecule has 7 N–H and O–H groups in total. The van der Waals surface area contributed by atoms with E-state index in [1.807, 2.05) is 0 Å². The van der Waals surface area contributed by atoms with Gasteiger partial charge in [0.2, 0.25) is 0 Å². The summed E-state index contributed by atoms with van der Waals surface area (Å²) in [5, 5.41) is 25.5. The molecule has 11 heteroatoms. The first kappa shape index (κ1) is 26.5. The molecule has 0 aromatic rings. The van der Waals surface area contributed by atoms with Crippen LogP contribution < -0.4 is 29.6 Å². The van der Waals surface area contributed by atoms with Gasteiger partial charge in [0.25, 0.3) is 0 Å². The maximum absolute atomic E-state index is 8.88. The van der Waals surface area contributed by atoms with Crippen molar-refractivity contribution in [1.29, 1.82) is 0 Å². The molecule has 0 aliphatic rings. The number of aliphatic hydroxyl groups is 3. The van der Waals surface area contributed by atoms with Gasteiger partial charge in [0, 0.05) is 19.6 Å². The van der Waals surface area contributed by atoms with Crippen molar-refractivity contribution in [3.63, 3.8) is 0 Å². The quantitative estimate of drug-likeness (QED) is 0.205. The number of nitrogens with zero attached hydrogens (tertiary/aromatic N) is 1. The third kappa shape index (κ3) is 38.3. The minimum absolute atomic E-state index is 0. The topological polar surface area (TPSA) is 172 Å². The minimum atomic E-state index is -4.64.